The van der Waals surface area contributed by atoms with Crippen molar-refractivity contribution in [2.24, 2.45) is 0 Å². The molecule has 0 amide bonds. The zero-order chi connectivity index (χ0) is 18.0. The number of hydrogen-bond donors (Lipinski definition) is 1. The van der Waals surface area contributed by atoms with E-state index in [-0.39, 0.29) is 12.8 Å². The molecule has 6 nitrogen and oxygen atoms in total. The molecule has 3 aliphatic rings. The van der Waals surface area contributed by atoms with E-state index in [0.717, 1.165) is 51.5 Å². The fourth-order valence-electron chi connectivity index (χ4n) is 4.58. The predicted octanol–water partition coefficient (Wildman–Crippen LogP) is 2.68. The molecule has 0 fully saturated rings. The number of hydrogen-bond acceptors (Lipinski definition) is 6. The number of methoxy groups -OCH3 is 2. The first-order chi connectivity index (χ1) is 12.6. The normalized spacial score (nSPS) is 22.6. The minimum Gasteiger partial charge on any atom is -0.493 e. The average Bonchev–Trinajstić information content (AvgIpc) is 3.12. The van der Waals surface area contributed by atoms with Crippen molar-refractivity contribution in [1.29, 1.82) is 0 Å². The van der Waals surface area contributed by atoms with E-state index in [1.165, 1.54) is 0 Å². The lowest BCUT2D eigenvalue weighted by Crippen LogP contribution is -2.38. The topological polar surface area (TPSA) is 60.4 Å². The van der Waals surface area contributed by atoms with Crippen LogP contribution in [0.25, 0.3) is 11.1 Å². The number of aliphatic hydroxyl groups excluding tert-OH is 1. The van der Waals surface area contributed by atoms with Crippen molar-refractivity contribution in [3.63, 3.8) is 0 Å². The smallest absolute Gasteiger partial charge is 0.231 e. The van der Waals surface area contributed by atoms with Crippen LogP contribution in [0.5, 0.6) is 23.0 Å². The largest absolute Gasteiger partial charge is 0.493 e. The van der Waals surface area contributed by atoms with Crippen molar-refractivity contribution in [2.45, 2.75) is 18.6 Å². The maximum atomic E-state index is 10.7. The molecule has 0 bridgehead atoms. The molecule has 0 saturated heterocycles. The third-order valence-corrected chi connectivity index (χ3v) is 5.74. The van der Waals surface area contributed by atoms with Crippen LogP contribution in [-0.4, -0.2) is 44.6 Å². The Kier molecular flexibility index (Phi) is 3.36. The van der Waals surface area contributed by atoms with Crippen molar-refractivity contribution >= 4 is 0 Å². The fraction of sp³-hybridized carbons (Fsp3) is 0.400. The summed E-state index contributed by atoms with van der Waals surface area (Å²) in [5.41, 5.74) is 5.23. The van der Waals surface area contributed by atoms with Crippen LogP contribution in [0.3, 0.4) is 0 Å². The SMILES string of the molecule is COc1ccc2c(c1OC)C[C@@H]1c3c(cc4c(c3-2)OCO4)[C@H](O)CN1C. The van der Waals surface area contributed by atoms with Crippen LogP contribution in [-0.2, 0) is 6.42 Å². The van der Waals surface area contributed by atoms with Crippen LogP contribution >= 0.6 is 0 Å². The number of β-amino-alcohol motifs (C(OH)–C–C–N with tert-alkyl or cyclic N) is 1. The second kappa shape index (κ2) is 5.53. The van der Waals surface area contributed by atoms with Gasteiger partial charge >= 0.3 is 0 Å². The zero-order valence-corrected chi connectivity index (χ0v) is 15.0. The molecule has 6 heteroatoms. The Morgan fingerprint density at radius 1 is 1.19 bits per heavy atom. The third-order valence-electron chi connectivity index (χ3n) is 5.74. The van der Waals surface area contributed by atoms with E-state index in [9.17, 15) is 5.11 Å². The predicted molar refractivity (Wildman–Crippen MR) is 95.1 cm³/mol. The van der Waals surface area contributed by atoms with E-state index in [4.69, 9.17) is 18.9 Å². The van der Waals surface area contributed by atoms with Gasteiger partial charge in [0.25, 0.3) is 0 Å². The number of rotatable bonds is 2. The standard InChI is InChI=1S/C20H21NO5/c1-21-8-14(22)12-7-16-20(26-9-25-16)18-10-4-5-15(23-2)19(24-3)11(10)6-13(21)17(12)18/h4-5,7,13-14,22H,6,8-9H2,1-3H3/t13-,14-/m1/s1. The van der Waals surface area contributed by atoms with Gasteiger partial charge in [-0.25, -0.2) is 0 Å². The van der Waals surface area contributed by atoms with E-state index in [2.05, 4.69) is 4.90 Å². The van der Waals surface area contributed by atoms with E-state index in [1.807, 2.05) is 25.2 Å². The van der Waals surface area contributed by atoms with Crippen LogP contribution in [0.2, 0.25) is 0 Å². The molecule has 2 aromatic carbocycles. The summed E-state index contributed by atoms with van der Waals surface area (Å²) in [7, 11) is 5.36. The van der Waals surface area contributed by atoms with Crippen molar-refractivity contribution in [3.05, 3.63) is 34.9 Å². The van der Waals surface area contributed by atoms with Crippen LogP contribution in [0.1, 0.15) is 28.8 Å². The summed E-state index contributed by atoms with van der Waals surface area (Å²) in [4.78, 5) is 2.19. The number of likely N-dealkylation sites (N-methyl/N-ethyl adjacent to an activating group) is 1. The number of benzene rings is 2. The summed E-state index contributed by atoms with van der Waals surface area (Å²) >= 11 is 0. The van der Waals surface area contributed by atoms with Gasteiger partial charge in [-0.2, -0.15) is 0 Å². The summed E-state index contributed by atoms with van der Waals surface area (Å²) in [5.74, 6) is 2.93. The molecular formula is C20H21NO5. The van der Waals surface area contributed by atoms with Crippen LogP contribution in [0.15, 0.2) is 18.2 Å². The highest BCUT2D eigenvalue weighted by Crippen LogP contribution is 2.57. The average molecular weight is 355 g/mol. The lowest BCUT2D eigenvalue weighted by molar-refractivity contribution is 0.0829. The molecule has 2 heterocycles. The van der Waals surface area contributed by atoms with Crippen LogP contribution in [0.4, 0.5) is 0 Å². The molecule has 0 unspecified atom stereocenters. The lowest BCUT2D eigenvalue weighted by Gasteiger charge is -2.42. The van der Waals surface area contributed by atoms with Gasteiger partial charge in [0.2, 0.25) is 6.79 Å². The number of nitrogens with zero attached hydrogens (tertiary/aromatic N) is 1. The minimum absolute atomic E-state index is 0.145. The van der Waals surface area contributed by atoms with Gasteiger partial charge in [-0.3, -0.25) is 4.90 Å². The lowest BCUT2D eigenvalue weighted by atomic mass is 9.75. The van der Waals surface area contributed by atoms with E-state index >= 15 is 0 Å². The summed E-state index contributed by atoms with van der Waals surface area (Å²) in [6.45, 7) is 0.781. The Hall–Kier alpha value is -2.44. The van der Waals surface area contributed by atoms with Crippen molar-refractivity contribution in [1.82, 2.24) is 4.90 Å². The van der Waals surface area contributed by atoms with Gasteiger partial charge in [0.05, 0.1) is 20.3 Å². The molecule has 2 aromatic rings. The highest BCUT2D eigenvalue weighted by molar-refractivity contribution is 5.86. The Balaban J connectivity index is 1.87. The molecule has 0 saturated carbocycles. The molecule has 0 aromatic heterocycles. The maximum Gasteiger partial charge on any atom is 0.231 e. The first-order valence-corrected chi connectivity index (χ1v) is 8.73. The summed E-state index contributed by atoms with van der Waals surface area (Å²) < 4.78 is 22.7. The molecule has 2 atom stereocenters. The van der Waals surface area contributed by atoms with Gasteiger partial charge in [-0.15, -0.1) is 0 Å². The van der Waals surface area contributed by atoms with Gasteiger partial charge in [0.1, 0.15) is 0 Å². The molecule has 1 aliphatic carbocycles. The number of aliphatic hydroxyl groups is 1. The quantitative estimate of drug-likeness (QED) is 0.894. The fourth-order valence-corrected chi connectivity index (χ4v) is 4.58. The molecule has 0 spiro atoms. The zero-order valence-electron chi connectivity index (χ0n) is 15.0. The van der Waals surface area contributed by atoms with Gasteiger partial charge in [-0.1, -0.05) is 0 Å². The monoisotopic (exact) mass is 355 g/mol. The Bertz CT molecular complexity index is 910. The minimum atomic E-state index is -0.541. The van der Waals surface area contributed by atoms with Crippen molar-refractivity contribution in [3.8, 4) is 34.1 Å². The Labute approximate surface area is 151 Å². The highest BCUT2D eigenvalue weighted by Gasteiger charge is 2.41. The van der Waals surface area contributed by atoms with Gasteiger partial charge in [0.15, 0.2) is 23.0 Å². The Morgan fingerprint density at radius 3 is 2.81 bits per heavy atom. The maximum absolute atomic E-state index is 10.7. The summed E-state index contributed by atoms with van der Waals surface area (Å²) in [5, 5.41) is 10.7. The number of fused-ring (bicyclic) bond motifs is 4. The van der Waals surface area contributed by atoms with Gasteiger partial charge in [-0.05, 0) is 48.4 Å². The van der Waals surface area contributed by atoms with Gasteiger partial charge < -0.3 is 24.1 Å². The second-order valence-corrected chi connectivity index (χ2v) is 6.99. The molecule has 1 N–H and O–H groups in total. The van der Waals surface area contributed by atoms with Crippen molar-refractivity contribution in [2.75, 3.05) is 34.6 Å². The molecular weight excluding hydrogens is 334 g/mol. The van der Waals surface area contributed by atoms with E-state index in [1.54, 1.807) is 14.2 Å². The summed E-state index contributed by atoms with van der Waals surface area (Å²) in [6, 6.07) is 6.05. The van der Waals surface area contributed by atoms with Crippen molar-refractivity contribution < 1.29 is 24.1 Å². The van der Waals surface area contributed by atoms with Gasteiger partial charge in [0, 0.05) is 23.7 Å². The van der Waals surface area contributed by atoms with E-state index < -0.39 is 6.10 Å². The second-order valence-electron chi connectivity index (χ2n) is 6.99. The van der Waals surface area contributed by atoms with Crippen LogP contribution < -0.4 is 18.9 Å². The molecule has 136 valence electrons. The molecule has 0 radical (unpaired) electrons. The highest BCUT2D eigenvalue weighted by atomic mass is 16.7. The molecule has 5 rings (SSSR count). The first kappa shape index (κ1) is 15.8. The first-order valence-electron chi connectivity index (χ1n) is 8.73. The van der Waals surface area contributed by atoms with Crippen LogP contribution in [0, 0.1) is 0 Å². The third kappa shape index (κ3) is 1.94. The summed E-state index contributed by atoms with van der Waals surface area (Å²) in [6.07, 6.45) is 0.250. The molecule has 26 heavy (non-hydrogen) atoms. The van der Waals surface area contributed by atoms with E-state index in [0.29, 0.717) is 12.3 Å². The molecule has 2 aliphatic heterocycles. The number of ether oxygens (including phenoxy) is 4. The Morgan fingerprint density at radius 2 is 2.04 bits per heavy atom.